The molecule has 0 aromatic carbocycles. The number of nitrogens with one attached hydrogen (secondary N) is 1. The van der Waals surface area contributed by atoms with E-state index in [1.165, 1.54) is 24.3 Å². The quantitative estimate of drug-likeness (QED) is 0.770. The van der Waals surface area contributed by atoms with E-state index in [0.717, 1.165) is 6.54 Å². The lowest BCUT2D eigenvalue weighted by Gasteiger charge is -2.16. The average molecular weight is 226 g/mol. The molecule has 0 saturated heterocycles. The maximum Gasteiger partial charge on any atom is 0.0965 e. The van der Waals surface area contributed by atoms with Crippen molar-refractivity contribution in [2.75, 3.05) is 6.54 Å². The summed E-state index contributed by atoms with van der Waals surface area (Å²) in [4.78, 5) is 4.33. The molecule has 86 valence electrons. The van der Waals surface area contributed by atoms with Gasteiger partial charge in [-0.25, -0.2) is 4.98 Å². The first kappa shape index (κ1) is 12.7. The topological polar surface area (TPSA) is 24.9 Å². The molecule has 1 N–H and O–H groups in total. The van der Waals surface area contributed by atoms with E-state index in [2.05, 4.69) is 31.1 Å². The van der Waals surface area contributed by atoms with Crippen molar-refractivity contribution in [2.45, 2.75) is 52.0 Å². The zero-order chi connectivity index (χ0) is 11.1. The molecule has 1 aromatic heterocycles. The van der Waals surface area contributed by atoms with Gasteiger partial charge in [0.05, 0.1) is 5.01 Å². The second kappa shape index (κ2) is 6.96. The first-order valence-electron chi connectivity index (χ1n) is 5.86. The van der Waals surface area contributed by atoms with E-state index in [1.54, 1.807) is 11.3 Å². The van der Waals surface area contributed by atoms with Crippen LogP contribution in [-0.2, 0) is 0 Å². The molecule has 0 aliphatic carbocycles. The lowest BCUT2D eigenvalue weighted by Crippen LogP contribution is -2.29. The van der Waals surface area contributed by atoms with E-state index >= 15 is 0 Å². The number of aromatic nitrogens is 1. The molecule has 3 heteroatoms. The van der Waals surface area contributed by atoms with Crippen LogP contribution in [0.4, 0.5) is 0 Å². The highest BCUT2D eigenvalue weighted by Gasteiger charge is 2.09. The standard InChI is InChI=1S/C12H22N2S/c1-4-5-6-11(3)14-9-10(2)12-13-7-8-15-12/h7-8,10-11,14H,4-6,9H2,1-3H3. The predicted octanol–water partition coefficient (Wildman–Crippen LogP) is 3.41. The van der Waals surface area contributed by atoms with E-state index in [-0.39, 0.29) is 0 Å². The molecular formula is C12H22N2S. The molecule has 15 heavy (non-hydrogen) atoms. The Morgan fingerprint density at radius 2 is 2.27 bits per heavy atom. The smallest absolute Gasteiger partial charge is 0.0965 e. The summed E-state index contributed by atoms with van der Waals surface area (Å²) < 4.78 is 0. The fourth-order valence-electron chi connectivity index (χ4n) is 1.56. The molecule has 0 aliphatic rings. The van der Waals surface area contributed by atoms with Crippen molar-refractivity contribution in [3.63, 3.8) is 0 Å². The fraction of sp³-hybridized carbons (Fsp3) is 0.750. The van der Waals surface area contributed by atoms with Crippen molar-refractivity contribution in [3.8, 4) is 0 Å². The van der Waals surface area contributed by atoms with Crippen LogP contribution < -0.4 is 5.32 Å². The van der Waals surface area contributed by atoms with Crippen LogP contribution in [0.25, 0.3) is 0 Å². The van der Waals surface area contributed by atoms with Crippen LogP contribution in [0.15, 0.2) is 11.6 Å². The molecule has 0 aliphatic heterocycles. The van der Waals surface area contributed by atoms with Crippen LogP contribution >= 0.6 is 11.3 Å². The maximum absolute atomic E-state index is 4.33. The van der Waals surface area contributed by atoms with Crippen molar-refractivity contribution in [1.82, 2.24) is 10.3 Å². The van der Waals surface area contributed by atoms with Crippen molar-refractivity contribution in [2.24, 2.45) is 0 Å². The molecule has 1 heterocycles. The van der Waals surface area contributed by atoms with Gasteiger partial charge in [0.25, 0.3) is 0 Å². The van der Waals surface area contributed by atoms with E-state index in [0.29, 0.717) is 12.0 Å². The number of hydrogen-bond donors (Lipinski definition) is 1. The minimum Gasteiger partial charge on any atom is -0.314 e. The Labute approximate surface area is 97.1 Å². The largest absolute Gasteiger partial charge is 0.314 e. The fourth-order valence-corrected chi connectivity index (χ4v) is 2.25. The molecular weight excluding hydrogens is 204 g/mol. The summed E-state index contributed by atoms with van der Waals surface area (Å²) in [5, 5.41) is 6.86. The third-order valence-electron chi connectivity index (χ3n) is 2.64. The first-order valence-corrected chi connectivity index (χ1v) is 6.74. The highest BCUT2D eigenvalue weighted by molar-refractivity contribution is 7.09. The molecule has 0 spiro atoms. The van der Waals surface area contributed by atoms with Crippen LogP contribution in [0, 0.1) is 0 Å². The molecule has 2 unspecified atom stereocenters. The summed E-state index contributed by atoms with van der Waals surface area (Å²) in [5.74, 6) is 0.536. The number of thiazole rings is 1. The second-order valence-corrected chi connectivity index (χ2v) is 5.15. The van der Waals surface area contributed by atoms with Gasteiger partial charge >= 0.3 is 0 Å². The van der Waals surface area contributed by atoms with Gasteiger partial charge in [-0.3, -0.25) is 0 Å². The molecule has 0 radical (unpaired) electrons. The van der Waals surface area contributed by atoms with Crippen LogP contribution in [0.5, 0.6) is 0 Å². The lowest BCUT2D eigenvalue weighted by atomic mass is 10.1. The van der Waals surface area contributed by atoms with Gasteiger partial charge in [0.15, 0.2) is 0 Å². The van der Waals surface area contributed by atoms with Crippen LogP contribution in [0.3, 0.4) is 0 Å². The first-order chi connectivity index (χ1) is 7.24. The minimum absolute atomic E-state index is 0.536. The lowest BCUT2D eigenvalue weighted by molar-refractivity contribution is 0.477. The Morgan fingerprint density at radius 3 is 2.87 bits per heavy atom. The number of hydrogen-bond acceptors (Lipinski definition) is 3. The zero-order valence-electron chi connectivity index (χ0n) is 9.99. The monoisotopic (exact) mass is 226 g/mol. The van der Waals surface area contributed by atoms with Crippen molar-refractivity contribution in [1.29, 1.82) is 0 Å². The van der Waals surface area contributed by atoms with Gasteiger partial charge in [-0.15, -0.1) is 11.3 Å². The highest BCUT2D eigenvalue weighted by Crippen LogP contribution is 2.16. The third kappa shape index (κ3) is 4.76. The number of nitrogens with zero attached hydrogens (tertiary/aromatic N) is 1. The molecule has 0 amide bonds. The molecule has 1 aromatic rings. The molecule has 0 saturated carbocycles. The van der Waals surface area contributed by atoms with Gasteiger partial charge in [-0.2, -0.15) is 0 Å². The summed E-state index contributed by atoms with van der Waals surface area (Å²) in [6.45, 7) is 7.78. The Hall–Kier alpha value is -0.410. The molecule has 2 atom stereocenters. The second-order valence-electron chi connectivity index (χ2n) is 4.22. The summed E-state index contributed by atoms with van der Waals surface area (Å²) in [6.07, 6.45) is 5.77. The van der Waals surface area contributed by atoms with Crippen LogP contribution in [0.2, 0.25) is 0 Å². The molecule has 0 bridgehead atoms. The van der Waals surface area contributed by atoms with Crippen molar-refractivity contribution < 1.29 is 0 Å². The Bertz CT molecular complexity index is 246. The number of unbranched alkanes of at least 4 members (excludes halogenated alkanes) is 1. The number of rotatable bonds is 7. The predicted molar refractivity (Wildman–Crippen MR) is 67.5 cm³/mol. The van der Waals surface area contributed by atoms with Crippen molar-refractivity contribution in [3.05, 3.63) is 16.6 Å². The van der Waals surface area contributed by atoms with Crippen molar-refractivity contribution >= 4 is 11.3 Å². The zero-order valence-corrected chi connectivity index (χ0v) is 10.8. The summed E-state index contributed by atoms with van der Waals surface area (Å²) in [6, 6.07) is 0.632. The average Bonchev–Trinajstić information content (AvgIpc) is 2.76. The van der Waals surface area contributed by atoms with E-state index in [1.807, 2.05) is 11.6 Å². The van der Waals surface area contributed by atoms with Gasteiger partial charge in [-0.05, 0) is 13.3 Å². The van der Waals surface area contributed by atoms with Gasteiger partial charge in [0.2, 0.25) is 0 Å². The summed E-state index contributed by atoms with van der Waals surface area (Å²) >= 11 is 1.75. The van der Waals surface area contributed by atoms with Gasteiger partial charge in [0, 0.05) is 30.1 Å². The minimum atomic E-state index is 0.536. The SMILES string of the molecule is CCCCC(C)NCC(C)c1nccs1. The van der Waals surface area contributed by atoms with Gasteiger partial charge in [-0.1, -0.05) is 26.7 Å². The van der Waals surface area contributed by atoms with E-state index in [9.17, 15) is 0 Å². The summed E-state index contributed by atoms with van der Waals surface area (Å²) in [7, 11) is 0. The van der Waals surface area contributed by atoms with Gasteiger partial charge < -0.3 is 5.32 Å². The maximum atomic E-state index is 4.33. The van der Waals surface area contributed by atoms with Crippen LogP contribution in [-0.4, -0.2) is 17.6 Å². The Balaban J connectivity index is 2.19. The molecule has 0 fully saturated rings. The third-order valence-corrected chi connectivity index (χ3v) is 3.64. The van der Waals surface area contributed by atoms with Gasteiger partial charge in [0.1, 0.15) is 0 Å². The molecule has 1 rings (SSSR count). The Morgan fingerprint density at radius 1 is 1.47 bits per heavy atom. The van der Waals surface area contributed by atoms with E-state index in [4.69, 9.17) is 0 Å². The summed E-state index contributed by atoms with van der Waals surface area (Å²) in [5.41, 5.74) is 0. The van der Waals surface area contributed by atoms with E-state index < -0.39 is 0 Å². The molecule has 2 nitrogen and oxygen atoms in total. The Kier molecular flexibility index (Phi) is 5.88. The van der Waals surface area contributed by atoms with Crippen LogP contribution in [0.1, 0.15) is 51.0 Å². The highest BCUT2D eigenvalue weighted by atomic mass is 32.1. The normalized spacial score (nSPS) is 15.1.